The SMILES string of the molecule is [CH2]CCC(C)(F)F. The molecule has 0 aromatic carbocycles. The van der Waals surface area contributed by atoms with Crippen LogP contribution in [0, 0.1) is 6.92 Å². The zero-order valence-electron chi connectivity index (χ0n) is 4.38. The molecule has 0 aliphatic carbocycles. The highest BCUT2D eigenvalue weighted by atomic mass is 19.3. The van der Waals surface area contributed by atoms with Gasteiger partial charge in [0.2, 0.25) is 5.92 Å². The summed E-state index contributed by atoms with van der Waals surface area (Å²) in [4.78, 5) is 0. The molecular formula is C5H9F2. The summed E-state index contributed by atoms with van der Waals surface area (Å²) in [5.41, 5.74) is 0. The van der Waals surface area contributed by atoms with Crippen LogP contribution in [-0.4, -0.2) is 5.92 Å². The molecule has 0 fully saturated rings. The molecule has 0 aromatic heterocycles. The first-order chi connectivity index (χ1) is 3.06. The molecule has 0 aliphatic heterocycles. The molecule has 0 amide bonds. The van der Waals surface area contributed by atoms with Gasteiger partial charge in [0.05, 0.1) is 0 Å². The van der Waals surface area contributed by atoms with Crippen LogP contribution in [0.4, 0.5) is 8.78 Å². The second-order valence-electron chi connectivity index (χ2n) is 1.67. The molecular weight excluding hydrogens is 98.1 g/mol. The van der Waals surface area contributed by atoms with E-state index in [4.69, 9.17) is 0 Å². The zero-order valence-corrected chi connectivity index (χ0v) is 4.38. The molecule has 0 unspecified atom stereocenters. The van der Waals surface area contributed by atoms with E-state index in [0.29, 0.717) is 6.42 Å². The second kappa shape index (κ2) is 2.24. The topological polar surface area (TPSA) is 0 Å². The predicted octanol–water partition coefficient (Wildman–Crippen LogP) is 2.26. The van der Waals surface area contributed by atoms with Gasteiger partial charge >= 0.3 is 0 Å². The van der Waals surface area contributed by atoms with Gasteiger partial charge in [0.25, 0.3) is 0 Å². The minimum absolute atomic E-state index is 0.104. The van der Waals surface area contributed by atoms with Gasteiger partial charge in [-0.1, -0.05) is 6.92 Å². The van der Waals surface area contributed by atoms with Crippen molar-refractivity contribution in [2.24, 2.45) is 0 Å². The van der Waals surface area contributed by atoms with Gasteiger partial charge in [0.1, 0.15) is 0 Å². The summed E-state index contributed by atoms with van der Waals surface area (Å²) < 4.78 is 23.4. The van der Waals surface area contributed by atoms with Crippen LogP contribution in [0.3, 0.4) is 0 Å². The van der Waals surface area contributed by atoms with Crippen LogP contribution in [0.2, 0.25) is 0 Å². The van der Waals surface area contributed by atoms with Crippen LogP contribution in [0.25, 0.3) is 0 Å². The number of hydrogen-bond acceptors (Lipinski definition) is 0. The normalized spacial score (nSPS) is 12.0. The Morgan fingerprint density at radius 3 is 2.00 bits per heavy atom. The first-order valence-corrected chi connectivity index (χ1v) is 2.23. The summed E-state index contributed by atoms with van der Waals surface area (Å²) in [6, 6.07) is 0. The molecule has 1 radical (unpaired) electrons. The van der Waals surface area contributed by atoms with E-state index in [2.05, 4.69) is 6.92 Å². The van der Waals surface area contributed by atoms with Crippen LogP contribution in [-0.2, 0) is 0 Å². The van der Waals surface area contributed by atoms with Crippen LogP contribution in [0.5, 0.6) is 0 Å². The van der Waals surface area contributed by atoms with Gasteiger partial charge in [0.15, 0.2) is 0 Å². The highest BCUT2D eigenvalue weighted by Crippen LogP contribution is 2.17. The first-order valence-electron chi connectivity index (χ1n) is 2.23. The number of alkyl halides is 2. The smallest absolute Gasteiger partial charge is 0.207 e. The molecule has 0 spiro atoms. The van der Waals surface area contributed by atoms with Gasteiger partial charge in [-0.25, -0.2) is 8.78 Å². The minimum Gasteiger partial charge on any atom is -0.207 e. The largest absolute Gasteiger partial charge is 0.245 e. The van der Waals surface area contributed by atoms with Crippen molar-refractivity contribution < 1.29 is 8.78 Å². The second-order valence-corrected chi connectivity index (χ2v) is 1.67. The summed E-state index contributed by atoms with van der Waals surface area (Å²) in [6.45, 7) is 4.19. The van der Waals surface area contributed by atoms with Crippen LogP contribution in [0.1, 0.15) is 19.8 Å². The van der Waals surface area contributed by atoms with Crippen molar-refractivity contribution >= 4 is 0 Å². The van der Waals surface area contributed by atoms with Gasteiger partial charge < -0.3 is 0 Å². The molecule has 7 heavy (non-hydrogen) atoms. The first kappa shape index (κ1) is 6.86. The Morgan fingerprint density at radius 1 is 1.57 bits per heavy atom. The molecule has 0 N–H and O–H groups in total. The molecule has 0 saturated heterocycles. The maximum atomic E-state index is 11.7. The fourth-order valence-electron chi connectivity index (χ4n) is 0.310. The molecule has 0 nitrogen and oxygen atoms in total. The molecule has 0 saturated carbocycles. The Balaban J connectivity index is 3.15. The lowest BCUT2D eigenvalue weighted by atomic mass is 10.2. The molecule has 0 heterocycles. The molecule has 0 rings (SSSR count). The summed E-state index contributed by atoms with van der Waals surface area (Å²) in [5.74, 6) is -2.51. The molecule has 2 heteroatoms. The zero-order chi connectivity index (χ0) is 5.91. The maximum absolute atomic E-state index is 11.7. The van der Waals surface area contributed by atoms with Crippen molar-refractivity contribution in [1.82, 2.24) is 0 Å². The lowest BCUT2D eigenvalue weighted by Gasteiger charge is -2.05. The van der Waals surface area contributed by atoms with E-state index in [9.17, 15) is 8.78 Å². The fourth-order valence-corrected chi connectivity index (χ4v) is 0.310. The fraction of sp³-hybridized carbons (Fsp3) is 0.800. The molecule has 43 valence electrons. The monoisotopic (exact) mass is 107 g/mol. The predicted molar refractivity (Wildman–Crippen MR) is 25.2 cm³/mol. The van der Waals surface area contributed by atoms with E-state index in [-0.39, 0.29) is 6.42 Å². The van der Waals surface area contributed by atoms with E-state index in [1.165, 1.54) is 0 Å². The molecule has 0 aromatic rings. The summed E-state index contributed by atoms with van der Waals surface area (Å²) in [7, 11) is 0. The maximum Gasteiger partial charge on any atom is 0.245 e. The van der Waals surface area contributed by atoms with Gasteiger partial charge in [-0.05, 0) is 13.3 Å². The quantitative estimate of drug-likeness (QED) is 0.507. The number of hydrogen-bond donors (Lipinski definition) is 0. The van der Waals surface area contributed by atoms with Crippen molar-refractivity contribution in [3.8, 4) is 0 Å². The van der Waals surface area contributed by atoms with Crippen molar-refractivity contribution in [1.29, 1.82) is 0 Å². The van der Waals surface area contributed by atoms with Crippen LogP contribution in [0.15, 0.2) is 0 Å². The van der Waals surface area contributed by atoms with E-state index in [0.717, 1.165) is 6.92 Å². The summed E-state index contributed by atoms with van der Waals surface area (Å²) >= 11 is 0. The third kappa shape index (κ3) is 5.86. The Labute approximate surface area is 42.5 Å². The molecule has 0 bridgehead atoms. The van der Waals surface area contributed by atoms with Gasteiger partial charge in [0, 0.05) is 6.42 Å². The Bertz CT molecular complexity index is 44.5. The van der Waals surface area contributed by atoms with E-state index in [1.54, 1.807) is 0 Å². The average Bonchev–Trinajstić information content (AvgIpc) is 1.30. The van der Waals surface area contributed by atoms with E-state index in [1.807, 2.05) is 0 Å². The number of rotatable bonds is 2. The van der Waals surface area contributed by atoms with Crippen molar-refractivity contribution in [2.45, 2.75) is 25.7 Å². The molecule has 0 atom stereocenters. The van der Waals surface area contributed by atoms with Crippen molar-refractivity contribution in [3.05, 3.63) is 6.92 Å². The van der Waals surface area contributed by atoms with E-state index >= 15 is 0 Å². The summed E-state index contributed by atoms with van der Waals surface area (Å²) in [6.07, 6.45) is 0.205. The van der Waals surface area contributed by atoms with Crippen LogP contribution < -0.4 is 0 Å². The Morgan fingerprint density at radius 2 is 2.00 bits per heavy atom. The Hall–Kier alpha value is -0.140. The lowest BCUT2D eigenvalue weighted by molar-refractivity contribution is 0.0138. The number of halogens is 2. The third-order valence-electron chi connectivity index (χ3n) is 0.616. The Kier molecular flexibility index (Phi) is 2.20. The van der Waals surface area contributed by atoms with Crippen LogP contribution >= 0.6 is 0 Å². The highest BCUT2D eigenvalue weighted by Gasteiger charge is 2.17. The highest BCUT2D eigenvalue weighted by molar-refractivity contribution is 4.57. The lowest BCUT2D eigenvalue weighted by Crippen LogP contribution is -2.07. The molecule has 0 aliphatic rings. The van der Waals surface area contributed by atoms with Gasteiger partial charge in [-0.3, -0.25) is 0 Å². The minimum atomic E-state index is -2.51. The van der Waals surface area contributed by atoms with Gasteiger partial charge in [-0.2, -0.15) is 0 Å². The summed E-state index contributed by atoms with van der Waals surface area (Å²) in [5, 5.41) is 0. The van der Waals surface area contributed by atoms with Crippen molar-refractivity contribution in [2.75, 3.05) is 0 Å². The van der Waals surface area contributed by atoms with Gasteiger partial charge in [-0.15, -0.1) is 0 Å². The van der Waals surface area contributed by atoms with E-state index < -0.39 is 5.92 Å². The third-order valence-corrected chi connectivity index (χ3v) is 0.616. The average molecular weight is 107 g/mol. The standard InChI is InChI=1S/C5H9F2/c1-3-4-5(2,6)7/h1,3-4H2,2H3. The van der Waals surface area contributed by atoms with Crippen molar-refractivity contribution in [3.63, 3.8) is 0 Å².